The summed E-state index contributed by atoms with van der Waals surface area (Å²) in [7, 11) is 0.857. The highest BCUT2D eigenvalue weighted by atomic mass is 28.2. The van der Waals surface area contributed by atoms with E-state index >= 15 is 0 Å². The van der Waals surface area contributed by atoms with Crippen LogP contribution in [0.3, 0.4) is 0 Å². The average Bonchev–Trinajstić information content (AvgIpc) is 2.80. The van der Waals surface area contributed by atoms with Gasteiger partial charge in [-0.2, -0.15) is 0 Å². The number of allylic oxidation sites excluding steroid dienone is 4. The van der Waals surface area contributed by atoms with Gasteiger partial charge in [-0.25, -0.2) is 0 Å². The molecule has 1 aliphatic rings. The fourth-order valence-electron chi connectivity index (χ4n) is 2.48. The molecular formula is C17H22Si. The minimum Gasteiger partial charge on any atom is -0.0806 e. The van der Waals surface area contributed by atoms with Crippen LogP contribution in [-0.4, -0.2) is 9.52 Å². The molecule has 94 valence electrons. The maximum atomic E-state index is 2.33. The molecule has 2 radical (unpaired) electrons. The van der Waals surface area contributed by atoms with Crippen molar-refractivity contribution in [1.29, 1.82) is 0 Å². The first-order valence-corrected chi connectivity index (χ1v) is 7.97. The Balaban J connectivity index is 2.22. The van der Waals surface area contributed by atoms with Crippen molar-refractivity contribution in [3.63, 3.8) is 0 Å². The van der Waals surface area contributed by atoms with Crippen LogP contribution in [0.15, 0.2) is 47.2 Å². The Morgan fingerprint density at radius 3 is 2.72 bits per heavy atom. The summed E-state index contributed by atoms with van der Waals surface area (Å²) in [5.41, 5.74) is 3.11. The Morgan fingerprint density at radius 1 is 1.22 bits per heavy atom. The molecule has 0 aromatic heterocycles. The average molecular weight is 254 g/mol. The van der Waals surface area contributed by atoms with E-state index in [2.05, 4.69) is 57.2 Å². The van der Waals surface area contributed by atoms with Crippen LogP contribution in [0.2, 0.25) is 0 Å². The summed E-state index contributed by atoms with van der Waals surface area (Å²) >= 11 is 0. The molecule has 0 saturated carbocycles. The molecule has 1 heteroatoms. The van der Waals surface area contributed by atoms with Crippen molar-refractivity contribution in [3.05, 3.63) is 52.8 Å². The van der Waals surface area contributed by atoms with Crippen LogP contribution >= 0.6 is 0 Å². The second-order valence-corrected chi connectivity index (χ2v) is 6.62. The fraction of sp³-hybridized carbons (Fsp3) is 0.412. The summed E-state index contributed by atoms with van der Waals surface area (Å²) in [5, 5.41) is 3.20. The summed E-state index contributed by atoms with van der Waals surface area (Å²) in [4.78, 5) is 0. The highest BCUT2D eigenvalue weighted by Crippen LogP contribution is 2.24. The normalized spacial score (nSPS) is 14.9. The van der Waals surface area contributed by atoms with Crippen LogP contribution in [0, 0.1) is 5.92 Å². The largest absolute Gasteiger partial charge is 0.117 e. The molecule has 1 aliphatic carbocycles. The first kappa shape index (κ1) is 13.4. The fourth-order valence-corrected chi connectivity index (χ4v) is 4.09. The molecule has 0 atom stereocenters. The van der Waals surface area contributed by atoms with E-state index in [1.807, 2.05) is 0 Å². The van der Waals surface area contributed by atoms with Gasteiger partial charge in [0.1, 0.15) is 9.52 Å². The lowest BCUT2D eigenvalue weighted by atomic mass is 10.1. The van der Waals surface area contributed by atoms with Gasteiger partial charge in [-0.05, 0) is 24.3 Å². The molecule has 2 rings (SSSR count). The Labute approximate surface area is 114 Å². The van der Waals surface area contributed by atoms with Gasteiger partial charge in [0.25, 0.3) is 0 Å². The van der Waals surface area contributed by atoms with Crippen LogP contribution in [0.25, 0.3) is 0 Å². The predicted molar refractivity (Wildman–Crippen MR) is 81.4 cm³/mol. The number of benzene rings is 1. The standard InChI is InChI=1S/C17H22Si/c1-4-8-14-9-5-6-11-16(14)18-17-12-7-10-15(17)13(2)3/h5-7,9-11,13H,4,8,12H2,1-3H3. The van der Waals surface area contributed by atoms with Crippen LogP contribution in [0.1, 0.15) is 39.2 Å². The molecule has 0 amide bonds. The third kappa shape index (κ3) is 3.02. The first-order valence-electron chi connectivity index (χ1n) is 6.97. The summed E-state index contributed by atoms with van der Waals surface area (Å²) in [5.74, 6) is 0.657. The third-order valence-corrected chi connectivity index (χ3v) is 4.96. The smallest absolute Gasteiger partial charge is 0.0806 e. The van der Waals surface area contributed by atoms with Crippen LogP contribution < -0.4 is 5.19 Å². The highest BCUT2D eigenvalue weighted by Gasteiger charge is 2.14. The summed E-state index contributed by atoms with van der Waals surface area (Å²) in [6.45, 7) is 6.86. The molecule has 0 bridgehead atoms. The zero-order chi connectivity index (χ0) is 13.0. The monoisotopic (exact) mass is 254 g/mol. The highest BCUT2D eigenvalue weighted by molar-refractivity contribution is 6.61. The second-order valence-electron chi connectivity index (χ2n) is 5.23. The molecular weight excluding hydrogens is 232 g/mol. The predicted octanol–water partition coefficient (Wildman–Crippen LogP) is 3.84. The van der Waals surface area contributed by atoms with E-state index < -0.39 is 0 Å². The molecule has 1 aromatic rings. The Morgan fingerprint density at radius 2 is 2.00 bits per heavy atom. The Hall–Kier alpha value is -1.08. The van der Waals surface area contributed by atoms with E-state index in [1.165, 1.54) is 12.8 Å². The van der Waals surface area contributed by atoms with Crippen molar-refractivity contribution in [2.24, 2.45) is 5.92 Å². The van der Waals surface area contributed by atoms with E-state index in [0.717, 1.165) is 15.9 Å². The third-order valence-electron chi connectivity index (χ3n) is 3.41. The van der Waals surface area contributed by atoms with Gasteiger partial charge in [-0.15, -0.1) is 0 Å². The first-order chi connectivity index (χ1) is 8.72. The minimum absolute atomic E-state index is 0.657. The Kier molecular flexibility index (Phi) is 4.59. The van der Waals surface area contributed by atoms with E-state index in [-0.39, 0.29) is 0 Å². The van der Waals surface area contributed by atoms with Crippen molar-refractivity contribution in [1.82, 2.24) is 0 Å². The van der Waals surface area contributed by atoms with Crippen molar-refractivity contribution in [3.8, 4) is 0 Å². The molecule has 18 heavy (non-hydrogen) atoms. The SMILES string of the molecule is CCCc1ccccc1[Si]C1=C(C(C)C)C=CC1. The van der Waals surface area contributed by atoms with Gasteiger partial charge in [0.15, 0.2) is 0 Å². The minimum atomic E-state index is 0.657. The van der Waals surface area contributed by atoms with Crippen LogP contribution in [0.5, 0.6) is 0 Å². The van der Waals surface area contributed by atoms with Gasteiger partial charge in [-0.1, -0.05) is 79.6 Å². The molecule has 0 unspecified atom stereocenters. The molecule has 0 fully saturated rings. The molecule has 0 N–H and O–H groups in total. The van der Waals surface area contributed by atoms with Crippen LogP contribution in [0.4, 0.5) is 0 Å². The van der Waals surface area contributed by atoms with Crippen LogP contribution in [-0.2, 0) is 6.42 Å². The van der Waals surface area contributed by atoms with Crippen molar-refractivity contribution < 1.29 is 0 Å². The lowest BCUT2D eigenvalue weighted by Crippen LogP contribution is -2.21. The van der Waals surface area contributed by atoms with Gasteiger partial charge in [0.05, 0.1) is 0 Å². The van der Waals surface area contributed by atoms with Gasteiger partial charge < -0.3 is 0 Å². The lowest BCUT2D eigenvalue weighted by Gasteiger charge is -2.12. The maximum absolute atomic E-state index is 2.33. The zero-order valence-electron chi connectivity index (χ0n) is 11.7. The molecule has 0 saturated heterocycles. The number of hydrogen-bond donors (Lipinski definition) is 0. The van der Waals surface area contributed by atoms with E-state index in [1.54, 1.807) is 21.5 Å². The van der Waals surface area contributed by atoms with Gasteiger partial charge in [0.2, 0.25) is 0 Å². The summed E-state index contributed by atoms with van der Waals surface area (Å²) < 4.78 is 0. The second kappa shape index (κ2) is 6.19. The van der Waals surface area contributed by atoms with Crippen molar-refractivity contribution in [2.75, 3.05) is 0 Å². The van der Waals surface area contributed by atoms with Gasteiger partial charge in [-0.3, -0.25) is 0 Å². The molecule has 0 aliphatic heterocycles. The van der Waals surface area contributed by atoms with E-state index in [9.17, 15) is 0 Å². The van der Waals surface area contributed by atoms with Crippen molar-refractivity contribution in [2.45, 2.75) is 40.0 Å². The molecule has 0 nitrogen and oxygen atoms in total. The van der Waals surface area contributed by atoms with Crippen molar-refractivity contribution >= 4 is 14.7 Å². The quantitative estimate of drug-likeness (QED) is 0.700. The lowest BCUT2D eigenvalue weighted by molar-refractivity contribution is 0.790. The van der Waals surface area contributed by atoms with Gasteiger partial charge >= 0.3 is 0 Å². The number of aryl methyl sites for hydroxylation is 1. The topological polar surface area (TPSA) is 0 Å². The Bertz CT molecular complexity index is 466. The van der Waals surface area contributed by atoms with E-state index in [4.69, 9.17) is 0 Å². The number of rotatable bonds is 5. The molecule has 1 aromatic carbocycles. The molecule has 0 spiro atoms. The molecule has 0 heterocycles. The number of hydrogen-bond acceptors (Lipinski definition) is 0. The summed E-state index contributed by atoms with van der Waals surface area (Å²) in [6, 6.07) is 8.96. The van der Waals surface area contributed by atoms with Gasteiger partial charge in [0, 0.05) is 0 Å². The maximum Gasteiger partial charge on any atom is 0.117 e. The zero-order valence-corrected chi connectivity index (χ0v) is 12.7. The summed E-state index contributed by atoms with van der Waals surface area (Å²) in [6.07, 6.45) is 8.25. The van der Waals surface area contributed by atoms with E-state index in [0.29, 0.717) is 5.92 Å².